The smallest absolute Gasteiger partial charge is 0.408 e. The second kappa shape index (κ2) is 7.05. The molecule has 3 aromatic rings. The van der Waals surface area contributed by atoms with Gasteiger partial charge in [0.25, 0.3) is 0 Å². The Labute approximate surface area is 141 Å². The van der Waals surface area contributed by atoms with Crippen LogP contribution in [0.5, 0.6) is 0 Å². The lowest BCUT2D eigenvalue weighted by atomic mass is 10.1. The number of aromatic amines is 1. The number of H-pyrrole nitrogens is 1. The van der Waals surface area contributed by atoms with Gasteiger partial charge in [0.2, 0.25) is 0 Å². The zero-order valence-corrected chi connectivity index (χ0v) is 14.5. The molecule has 0 spiro atoms. The summed E-state index contributed by atoms with van der Waals surface area (Å²) in [5, 5.41) is 7.27. The highest BCUT2D eigenvalue weighted by Gasteiger charge is 2.10. The third kappa shape index (κ3) is 3.43. The first-order valence-electron chi connectivity index (χ1n) is 8.33. The number of hydrogen-bond acceptors (Lipinski definition) is 4. The Morgan fingerprint density at radius 2 is 2.04 bits per heavy atom. The number of nitrogens with zero attached hydrogens (tertiary/aromatic N) is 3. The molecule has 0 aliphatic rings. The van der Waals surface area contributed by atoms with Crippen molar-refractivity contribution in [2.24, 2.45) is 0 Å². The standard InChI is InChI=1S/C18H24N4O2/c1-13-15(14(2)20-19-13)7-6-10-21(3)11-12-22-16-8-4-5-9-17(16)24-18(22)23/h4-5,8-9H,6-7,10-12H2,1-3H3,(H,19,20). The maximum atomic E-state index is 12.0. The Morgan fingerprint density at radius 3 is 2.79 bits per heavy atom. The quantitative estimate of drug-likeness (QED) is 0.723. The van der Waals surface area contributed by atoms with E-state index in [1.54, 1.807) is 4.57 Å². The number of aromatic nitrogens is 3. The summed E-state index contributed by atoms with van der Waals surface area (Å²) in [7, 11) is 2.09. The van der Waals surface area contributed by atoms with Gasteiger partial charge in [-0.15, -0.1) is 0 Å². The van der Waals surface area contributed by atoms with Crippen molar-refractivity contribution in [3.05, 3.63) is 51.8 Å². The van der Waals surface area contributed by atoms with Crippen molar-refractivity contribution in [3.8, 4) is 0 Å². The summed E-state index contributed by atoms with van der Waals surface area (Å²) < 4.78 is 6.97. The van der Waals surface area contributed by atoms with E-state index in [0.29, 0.717) is 12.1 Å². The second-order valence-corrected chi connectivity index (χ2v) is 6.31. The van der Waals surface area contributed by atoms with Gasteiger partial charge in [-0.2, -0.15) is 5.10 Å². The van der Waals surface area contributed by atoms with Crippen LogP contribution in [0.25, 0.3) is 11.1 Å². The van der Waals surface area contributed by atoms with E-state index in [0.717, 1.165) is 42.8 Å². The van der Waals surface area contributed by atoms with Crippen molar-refractivity contribution < 1.29 is 4.42 Å². The first-order valence-corrected chi connectivity index (χ1v) is 8.33. The molecule has 3 rings (SSSR count). The van der Waals surface area contributed by atoms with E-state index in [1.807, 2.05) is 31.2 Å². The molecule has 0 atom stereocenters. The molecule has 0 amide bonds. The fourth-order valence-corrected chi connectivity index (χ4v) is 3.08. The zero-order chi connectivity index (χ0) is 17.1. The summed E-state index contributed by atoms with van der Waals surface area (Å²) in [6, 6.07) is 7.55. The van der Waals surface area contributed by atoms with Crippen LogP contribution in [0, 0.1) is 13.8 Å². The highest BCUT2D eigenvalue weighted by molar-refractivity contribution is 5.72. The third-order valence-electron chi connectivity index (χ3n) is 4.53. The van der Waals surface area contributed by atoms with Crippen molar-refractivity contribution >= 4 is 11.1 Å². The lowest BCUT2D eigenvalue weighted by Gasteiger charge is -2.16. The zero-order valence-electron chi connectivity index (χ0n) is 14.5. The molecule has 6 nitrogen and oxygen atoms in total. The molecule has 0 bridgehead atoms. The van der Waals surface area contributed by atoms with Crippen LogP contribution in [-0.2, 0) is 13.0 Å². The molecule has 1 aromatic carbocycles. The van der Waals surface area contributed by atoms with Gasteiger partial charge in [0.1, 0.15) is 0 Å². The number of likely N-dealkylation sites (N-methyl/N-ethyl adjacent to an activating group) is 1. The topological polar surface area (TPSA) is 67.1 Å². The van der Waals surface area contributed by atoms with E-state index in [2.05, 4.69) is 29.1 Å². The summed E-state index contributed by atoms with van der Waals surface area (Å²) >= 11 is 0. The monoisotopic (exact) mass is 328 g/mol. The maximum Gasteiger partial charge on any atom is 0.419 e. The summed E-state index contributed by atoms with van der Waals surface area (Å²) in [4.78, 5) is 14.2. The first kappa shape index (κ1) is 16.5. The molecule has 0 unspecified atom stereocenters. The number of hydrogen-bond donors (Lipinski definition) is 1. The van der Waals surface area contributed by atoms with Gasteiger partial charge in [0.15, 0.2) is 5.58 Å². The number of nitrogens with one attached hydrogen (secondary N) is 1. The number of fused-ring (bicyclic) bond motifs is 1. The molecule has 1 N–H and O–H groups in total. The Hall–Kier alpha value is -2.34. The van der Waals surface area contributed by atoms with Crippen LogP contribution in [0.1, 0.15) is 23.4 Å². The molecule has 0 saturated heterocycles. The fraction of sp³-hybridized carbons (Fsp3) is 0.444. The summed E-state index contributed by atoms with van der Waals surface area (Å²) in [6.45, 7) is 6.53. The van der Waals surface area contributed by atoms with Gasteiger partial charge < -0.3 is 9.32 Å². The van der Waals surface area contributed by atoms with Crippen molar-refractivity contribution in [1.82, 2.24) is 19.7 Å². The fourth-order valence-electron chi connectivity index (χ4n) is 3.08. The second-order valence-electron chi connectivity index (χ2n) is 6.31. The Bertz CT molecular complexity index is 855. The van der Waals surface area contributed by atoms with Crippen LogP contribution in [0.4, 0.5) is 0 Å². The van der Waals surface area contributed by atoms with E-state index >= 15 is 0 Å². The Kier molecular flexibility index (Phi) is 4.85. The predicted octanol–water partition coefficient (Wildman–Crippen LogP) is 2.50. The number of oxazole rings is 1. The van der Waals surface area contributed by atoms with Gasteiger partial charge >= 0.3 is 5.76 Å². The van der Waals surface area contributed by atoms with Gasteiger partial charge in [-0.25, -0.2) is 4.79 Å². The first-order chi connectivity index (χ1) is 11.6. The van der Waals surface area contributed by atoms with Crippen molar-refractivity contribution in [3.63, 3.8) is 0 Å². The van der Waals surface area contributed by atoms with E-state index in [9.17, 15) is 4.79 Å². The molecule has 24 heavy (non-hydrogen) atoms. The number of rotatable bonds is 7. The van der Waals surface area contributed by atoms with Gasteiger partial charge in [0.05, 0.1) is 11.2 Å². The number of para-hydroxylation sites is 2. The lowest BCUT2D eigenvalue weighted by molar-refractivity contribution is 0.311. The molecule has 0 radical (unpaired) electrons. The van der Waals surface area contributed by atoms with Crippen molar-refractivity contribution in [2.75, 3.05) is 20.1 Å². The summed E-state index contributed by atoms with van der Waals surface area (Å²) in [5.41, 5.74) is 5.08. The Morgan fingerprint density at radius 1 is 1.25 bits per heavy atom. The molecule has 0 fully saturated rings. The highest BCUT2D eigenvalue weighted by atomic mass is 16.4. The molecule has 128 valence electrons. The van der Waals surface area contributed by atoms with E-state index in [-0.39, 0.29) is 5.76 Å². The maximum absolute atomic E-state index is 12.0. The summed E-state index contributed by atoms with van der Waals surface area (Å²) in [5.74, 6) is -0.283. The van der Waals surface area contributed by atoms with Crippen LogP contribution in [-0.4, -0.2) is 39.8 Å². The highest BCUT2D eigenvalue weighted by Crippen LogP contribution is 2.13. The minimum Gasteiger partial charge on any atom is -0.408 e. The average Bonchev–Trinajstić information content (AvgIpc) is 3.05. The lowest BCUT2D eigenvalue weighted by Crippen LogP contribution is -2.27. The van der Waals surface area contributed by atoms with Crippen LogP contribution < -0.4 is 5.76 Å². The average molecular weight is 328 g/mol. The molecule has 0 saturated carbocycles. The van der Waals surface area contributed by atoms with E-state index in [4.69, 9.17) is 4.42 Å². The van der Waals surface area contributed by atoms with Gasteiger partial charge in [-0.1, -0.05) is 12.1 Å². The molecule has 0 aliphatic carbocycles. The number of benzene rings is 1. The molecule has 6 heteroatoms. The van der Waals surface area contributed by atoms with Crippen molar-refractivity contribution in [1.29, 1.82) is 0 Å². The molecular weight excluding hydrogens is 304 g/mol. The van der Waals surface area contributed by atoms with Gasteiger partial charge in [-0.05, 0) is 58.0 Å². The third-order valence-corrected chi connectivity index (χ3v) is 4.53. The van der Waals surface area contributed by atoms with Crippen molar-refractivity contribution in [2.45, 2.75) is 33.2 Å². The largest absolute Gasteiger partial charge is 0.419 e. The van der Waals surface area contributed by atoms with Gasteiger partial charge in [0, 0.05) is 18.8 Å². The van der Waals surface area contributed by atoms with E-state index < -0.39 is 0 Å². The molecule has 0 aliphatic heterocycles. The van der Waals surface area contributed by atoms with Crippen LogP contribution in [0.2, 0.25) is 0 Å². The minimum atomic E-state index is -0.283. The van der Waals surface area contributed by atoms with Gasteiger partial charge in [-0.3, -0.25) is 9.67 Å². The SMILES string of the molecule is Cc1n[nH]c(C)c1CCCN(C)CCn1c(=O)oc2ccccc21. The number of aryl methyl sites for hydroxylation is 2. The minimum absolute atomic E-state index is 0.283. The molecular formula is C18H24N4O2. The Balaban J connectivity index is 1.53. The predicted molar refractivity (Wildman–Crippen MR) is 94.4 cm³/mol. The molecule has 2 aromatic heterocycles. The summed E-state index contributed by atoms with van der Waals surface area (Å²) in [6.07, 6.45) is 2.09. The van der Waals surface area contributed by atoms with Crippen LogP contribution in [0.3, 0.4) is 0 Å². The van der Waals surface area contributed by atoms with E-state index in [1.165, 1.54) is 5.56 Å². The van der Waals surface area contributed by atoms with Crippen LogP contribution in [0.15, 0.2) is 33.5 Å². The normalized spacial score (nSPS) is 11.7. The molecule has 2 heterocycles. The van der Waals surface area contributed by atoms with Crippen LogP contribution >= 0.6 is 0 Å².